The van der Waals surface area contributed by atoms with E-state index in [0.717, 1.165) is 6.07 Å². The van der Waals surface area contributed by atoms with Gasteiger partial charge in [0.05, 0.1) is 13.2 Å². The van der Waals surface area contributed by atoms with E-state index in [2.05, 4.69) is 0 Å². The third kappa shape index (κ3) is 1.63. The van der Waals surface area contributed by atoms with Gasteiger partial charge in [-0.1, -0.05) is 6.07 Å². The van der Waals surface area contributed by atoms with E-state index in [9.17, 15) is 8.78 Å². The van der Waals surface area contributed by atoms with Gasteiger partial charge in [0, 0.05) is 23.6 Å². The van der Waals surface area contributed by atoms with E-state index in [-0.39, 0.29) is 5.92 Å². The molecule has 2 nitrogen and oxygen atoms in total. The molecule has 0 saturated carbocycles. The molecule has 0 amide bonds. The normalized spacial score (nSPS) is 19.1. The zero-order valence-electron chi connectivity index (χ0n) is 7.54. The van der Waals surface area contributed by atoms with Crippen LogP contribution in [0.4, 0.5) is 8.78 Å². The predicted octanol–water partition coefficient (Wildman–Crippen LogP) is 1.61. The lowest BCUT2D eigenvalue weighted by Crippen LogP contribution is -2.37. The maximum Gasteiger partial charge on any atom is 0.130 e. The highest BCUT2D eigenvalue weighted by Crippen LogP contribution is 2.27. The summed E-state index contributed by atoms with van der Waals surface area (Å²) in [6, 6.07) is 3.07. The van der Waals surface area contributed by atoms with Crippen LogP contribution >= 0.6 is 0 Å². The van der Waals surface area contributed by atoms with Gasteiger partial charge in [-0.15, -0.1) is 0 Å². The molecule has 0 bridgehead atoms. The largest absolute Gasteiger partial charge is 0.381 e. The summed E-state index contributed by atoms with van der Waals surface area (Å²) < 4.78 is 30.8. The average molecular weight is 199 g/mol. The second-order valence-corrected chi connectivity index (χ2v) is 3.49. The molecule has 1 saturated heterocycles. The summed E-state index contributed by atoms with van der Waals surface area (Å²) in [6.07, 6.45) is 0. The van der Waals surface area contributed by atoms with Gasteiger partial charge in [-0.3, -0.25) is 0 Å². The smallest absolute Gasteiger partial charge is 0.130 e. The van der Waals surface area contributed by atoms with Crippen molar-refractivity contribution in [3.05, 3.63) is 35.4 Å². The number of hydrogen-bond donors (Lipinski definition) is 1. The molecule has 0 spiro atoms. The predicted molar refractivity (Wildman–Crippen MR) is 47.6 cm³/mol. The van der Waals surface area contributed by atoms with E-state index < -0.39 is 17.7 Å². The summed E-state index contributed by atoms with van der Waals surface area (Å²) in [4.78, 5) is 0. The minimum atomic E-state index is -0.580. The van der Waals surface area contributed by atoms with Gasteiger partial charge in [0.1, 0.15) is 11.6 Å². The van der Waals surface area contributed by atoms with Gasteiger partial charge in [-0.25, -0.2) is 8.78 Å². The first kappa shape index (κ1) is 9.55. The van der Waals surface area contributed by atoms with Crippen molar-refractivity contribution in [3.8, 4) is 0 Å². The van der Waals surface area contributed by atoms with E-state index in [1.165, 1.54) is 12.1 Å². The molecule has 1 aromatic rings. The van der Waals surface area contributed by atoms with Crippen LogP contribution in [0, 0.1) is 17.6 Å². The van der Waals surface area contributed by atoms with Gasteiger partial charge in [-0.2, -0.15) is 0 Å². The third-order valence-corrected chi connectivity index (χ3v) is 2.49. The molecule has 1 aliphatic rings. The molecule has 1 fully saturated rings. The topological polar surface area (TPSA) is 35.2 Å². The average Bonchev–Trinajstić information content (AvgIpc) is 2.00. The van der Waals surface area contributed by atoms with Crippen molar-refractivity contribution in [1.29, 1.82) is 0 Å². The Morgan fingerprint density at radius 2 is 2.07 bits per heavy atom. The third-order valence-electron chi connectivity index (χ3n) is 2.49. The summed E-state index contributed by atoms with van der Waals surface area (Å²) in [5.41, 5.74) is 6.17. The molecule has 1 atom stereocenters. The van der Waals surface area contributed by atoms with E-state index in [0.29, 0.717) is 18.8 Å². The standard InChI is InChI=1S/C10H11F2NO/c11-7-1-2-8(9(12)3-7)10(13)6-4-14-5-6/h1-3,6,10H,4-5,13H2. The number of rotatable bonds is 2. The maximum absolute atomic E-state index is 13.3. The van der Waals surface area contributed by atoms with Gasteiger partial charge < -0.3 is 10.5 Å². The summed E-state index contributed by atoms with van der Waals surface area (Å²) in [7, 11) is 0. The molecule has 1 aromatic carbocycles. The van der Waals surface area contributed by atoms with Crippen LogP contribution in [0.25, 0.3) is 0 Å². The first-order valence-electron chi connectivity index (χ1n) is 4.47. The molecule has 0 aliphatic carbocycles. The Labute approximate surface area is 80.7 Å². The molecule has 0 aromatic heterocycles. The summed E-state index contributed by atoms with van der Waals surface area (Å²) in [5, 5.41) is 0. The molecular formula is C10H11F2NO. The van der Waals surface area contributed by atoms with E-state index in [4.69, 9.17) is 10.5 Å². The molecule has 14 heavy (non-hydrogen) atoms. The second-order valence-electron chi connectivity index (χ2n) is 3.49. The quantitative estimate of drug-likeness (QED) is 0.785. The monoisotopic (exact) mass is 199 g/mol. The van der Waals surface area contributed by atoms with E-state index in [1.54, 1.807) is 0 Å². The van der Waals surface area contributed by atoms with Crippen molar-refractivity contribution in [2.45, 2.75) is 6.04 Å². The van der Waals surface area contributed by atoms with Gasteiger partial charge >= 0.3 is 0 Å². The van der Waals surface area contributed by atoms with Crippen molar-refractivity contribution >= 4 is 0 Å². The number of nitrogens with two attached hydrogens (primary N) is 1. The number of halogens is 2. The Hall–Kier alpha value is -1.00. The molecule has 2 N–H and O–H groups in total. The van der Waals surface area contributed by atoms with Crippen molar-refractivity contribution in [1.82, 2.24) is 0 Å². The molecule has 1 unspecified atom stereocenters. The van der Waals surface area contributed by atoms with Crippen LogP contribution in [0.1, 0.15) is 11.6 Å². The van der Waals surface area contributed by atoms with Gasteiger partial charge in [0.15, 0.2) is 0 Å². The Balaban J connectivity index is 2.22. The maximum atomic E-state index is 13.3. The molecule has 2 rings (SSSR count). The van der Waals surface area contributed by atoms with E-state index >= 15 is 0 Å². The Kier molecular flexibility index (Phi) is 2.48. The van der Waals surface area contributed by atoms with Gasteiger partial charge in [0.25, 0.3) is 0 Å². The fraction of sp³-hybridized carbons (Fsp3) is 0.400. The van der Waals surface area contributed by atoms with Crippen molar-refractivity contribution < 1.29 is 13.5 Å². The van der Waals surface area contributed by atoms with Crippen LogP contribution < -0.4 is 5.73 Å². The second kappa shape index (κ2) is 3.63. The van der Waals surface area contributed by atoms with Gasteiger partial charge in [-0.05, 0) is 6.07 Å². The number of hydrogen-bond acceptors (Lipinski definition) is 2. The highest BCUT2D eigenvalue weighted by Gasteiger charge is 2.28. The Morgan fingerprint density at radius 3 is 2.57 bits per heavy atom. The first-order chi connectivity index (χ1) is 6.68. The summed E-state index contributed by atoms with van der Waals surface area (Å²) in [5.74, 6) is -1.01. The molecule has 76 valence electrons. The molecule has 1 aliphatic heterocycles. The van der Waals surface area contributed by atoms with Crippen LogP contribution in [0.5, 0.6) is 0 Å². The fourth-order valence-corrected chi connectivity index (χ4v) is 1.49. The Bertz CT molecular complexity index is 339. The minimum Gasteiger partial charge on any atom is -0.381 e. The zero-order valence-corrected chi connectivity index (χ0v) is 7.54. The number of ether oxygens (including phenoxy) is 1. The van der Waals surface area contributed by atoms with Crippen LogP contribution in [0.15, 0.2) is 18.2 Å². The van der Waals surface area contributed by atoms with Crippen molar-refractivity contribution in [2.75, 3.05) is 13.2 Å². The molecule has 0 radical (unpaired) electrons. The lowest BCUT2D eigenvalue weighted by atomic mass is 9.92. The first-order valence-corrected chi connectivity index (χ1v) is 4.47. The molecular weight excluding hydrogens is 188 g/mol. The van der Waals surface area contributed by atoms with E-state index in [1.807, 2.05) is 0 Å². The Morgan fingerprint density at radius 1 is 1.36 bits per heavy atom. The molecule has 1 heterocycles. The lowest BCUT2D eigenvalue weighted by Gasteiger charge is -2.31. The summed E-state index contributed by atoms with van der Waals surface area (Å²) >= 11 is 0. The van der Waals surface area contributed by atoms with Crippen molar-refractivity contribution in [2.24, 2.45) is 11.7 Å². The summed E-state index contributed by atoms with van der Waals surface area (Å²) in [6.45, 7) is 1.11. The highest BCUT2D eigenvalue weighted by atomic mass is 19.1. The SMILES string of the molecule is NC(c1ccc(F)cc1F)C1COC1. The van der Waals surface area contributed by atoms with Gasteiger partial charge in [0.2, 0.25) is 0 Å². The van der Waals surface area contributed by atoms with Crippen LogP contribution in [0.2, 0.25) is 0 Å². The molecule has 4 heteroatoms. The fourth-order valence-electron chi connectivity index (χ4n) is 1.49. The highest BCUT2D eigenvalue weighted by molar-refractivity contribution is 5.22. The van der Waals surface area contributed by atoms with Crippen molar-refractivity contribution in [3.63, 3.8) is 0 Å². The minimum absolute atomic E-state index is 0.148. The number of benzene rings is 1. The zero-order chi connectivity index (χ0) is 10.1. The van der Waals surface area contributed by atoms with Crippen LogP contribution in [-0.2, 0) is 4.74 Å². The van der Waals surface area contributed by atoms with Crippen LogP contribution in [-0.4, -0.2) is 13.2 Å². The lowest BCUT2D eigenvalue weighted by molar-refractivity contribution is -0.0446. The van der Waals surface area contributed by atoms with Crippen LogP contribution in [0.3, 0.4) is 0 Å².